The SMILES string of the molecule is CCN1C=CS(C)=C1c1c2nc(c(-c3n(CC)cc[n+]3C)c3ccc([n-]3)c(-c3n(CC)cc[n+]3C)c3nc(c(-c4n(CC)cc[n+]4C)c4ccc1[n-]4)C=C3)C=C2.[Mn+2]. The van der Waals surface area contributed by atoms with E-state index in [1.54, 1.807) is 0 Å². The van der Waals surface area contributed by atoms with E-state index >= 15 is 0 Å². The van der Waals surface area contributed by atoms with Gasteiger partial charge in [0, 0.05) is 18.3 Å². The van der Waals surface area contributed by atoms with Crippen LogP contribution in [0.1, 0.15) is 56.0 Å². The molecule has 6 aromatic rings. The normalized spacial score (nSPS) is 14.7. The van der Waals surface area contributed by atoms with Crippen LogP contribution in [0.2, 0.25) is 0 Å². The Hall–Kier alpha value is -5.49. The summed E-state index contributed by atoms with van der Waals surface area (Å²) in [5.41, 5.74) is 10.9. The van der Waals surface area contributed by atoms with Crippen molar-refractivity contribution in [3.63, 3.8) is 0 Å². The standard InChI is InChI=1S/C44H48N11S.Mn/c1-9-52-24-21-49(5)41(52)37-29-13-15-31(45-29)38(42-50(6)22-25-53(42)10-2)33-17-19-35(47-33)40(44-55(12-4)27-28-56(44)8)36-20-18-34(48-36)39(32-16-14-30(37)46-32)43-51(7)23-26-54(43)11-3;/h13-28H,9-12H2,1-8H3;/q+1;+2. The third-order valence-corrected chi connectivity index (χ3v) is 12.7. The van der Waals surface area contributed by atoms with Gasteiger partial charge in [-0.2, -0.15) is 0 Å². The van der Waals surface area contributed by atoms with Crippen LogP contribution < -0.4 is 23.7 Å². The van der Waals surface area contributed by atoms with Crippen LogP contribution in [0.3, 0.4) is 0 Å². The van der Waals surface area contributed by atoms with Crippen molar-refractivity contribution >= 4 is 61.8 Å². The van der Waals surface area contributed by atoms with Gasteiger partial charge in [0.2, 0.25) is 0 Å². The molecule has 13 heteroatoms. The first kappa shape index (κ1) is 38.4. The van der Waals surface area contributed by atoms with Crippen LogP contribution in [0.4, 0.5) is 0 Å². The minimum absolute atomic E-state index is 0. The van der Waals surface area contributed by atoms with Crippen molar-refractivity contribution in [3.8, 4) is 34.2 Å². The number of fused-ring (bicyclic) bond motifs is 8. The maximum absolute atomic E-state index is 5.53. The molecule has 0 N–H and O–H groups in total. The zero-order valence-electron chi connectivity index (χ0n) is 33.8. The Labute approximate surface area is 346 Å². The van der Waals surface area contributed by atoms with E-state index < -0.39 is 0 Å². The maximum atomic E-state index is 5.53. The van der Waals surface area contributed by atoms with Crippen LogP contribution in [0.25, 0.3) is 80.5 Å². The largest absolute Gasteiger partial charge is 2.00 e. The maximum Gasteiger partial charge on any atom is 2.00 e. The number of nitrogens with zero attached hydrogens (tertiary/aromatic N) is 11. The summed E-state index contributed by atoms with van der Waals surface area (Å²) in [6.45, 7) is 12.0. The molecule has 6 aromatic heterocycles. The summed E-state index contributed by atoms with van der Waals surface area (Å²) in [5.74, 6) is 3.13. The van der Waals surface area contributed by atoms with Gasteiger partial charge in [-0.1, -0.05) is 24.3 Å². The molecule has 3 aliphatic rings. The van der Waals surface area contributed by atoms with Crippen molar-refractivity contribution in [2.24, 2.45) is 21.1 Å². The Balaban J connectivity index is 0.00000455. The van der Waals surface area contributed by atoms with E-state index in [9.17, 15) is 0 Å². The zero-order chi connectivity index (χ0) is 38.8. The van der Waals surface area contributed by atoms with E-state index in [1.165, 1.54) is 4.99 Å². The molecular formula is C44H48MnN11S+3. The predicted octanol–water partition coefficient (Wildman–Crippen LogP) is 6.03. The molecule has 8 bridgehead atoms. The molecule has 1 atom stereocenters. The summed E-state index contributed by atoms with van der Waals surface area (Å²) >= 11 is 0. The van der Waals surface area contributed by atoms with E-state index in [0.29, 0.717) is 0 Å². The van der Waals surface area contributed by atoms with E-state index in [-0.39, 0.29) is 27.6 Å². The zero-order valence-corrected chi connectivity index (χ0v) is 35.8. The minimum Gasteiger partial charge on any atom is -0.656 e. The van der Waals surface area contributed by atoms with E-state index in [4.69, 9.17) is 19.9 Å². The van der Waals surface area contributed by atoms with Crippen molar-refractivity contribution in [1.29, 1.82) is 0 Å². The van der Waals surface area contributed by atoms with Crippen LogP contribution in [-0.4, -0.2) is 46.4 Å². The molecule has 0 fully saturated rings. The van der Waals surface area contributed by atoms with Gasteiger partial charge in [0.25, 0.3) is 17.5 Å². The Morgan fingerprint density at radius 1 is 0.544 bits per heavy atom. The number of aromatic nitrogens is 10. The van der Waals surface area contributed by atoms with Gasteiger partial charge in [-0.05, 0) is 63.7 Å². The van der Waals surface area contributed by atoms with Crippen molar-refractivity contribution < 1.29 is 30.8 Å². The topological polar surface area (TPSA) is 83.7 Å². The number of imidazole rings is 3. The van der Waals surface area contributed by atoms with Crippen LogP contribution >= 0.6 is 10.5 Å². The second kappa shape index (κ2) is 15.1. The molecule has 57 heavy (non-hydrogen) atoms. The molecular weight excluding hydrogens is 770 g/mol. The summed E-state index contributed by atoms with van der Waals surface area (Å²) in [4.78, 5) is 25.6. The molecule has 0 aliphatic carbocycles. The average Bonchev–Trinajstić information content (AvgIpc) is 4.06. The van der Waals surface area contributed by atoms with Crippen LogP contribution in [0, 0.1) is 0 Å². The van der Waals surface area contributed by atoms with Gasteiger partial charge >= 0.3 is 17.1 Å². The molecule has 9 rings (SSSR count). The Morgan fingerprint density at radius 3 is 1.25 bits per heavy atom. The van der Waals surface area contributed by atoms with Gasteiger partial charge in [0.15, 0.2) is 0 Å². The molecule has 1 unspecified atom stereocenters. The van der Waals surface area contributed by atoms with Crippen molar-refractivity contribution in [3.05, 3.63) is 101 Å². The number of hydrogen-bond acceptors (Lipinski definition) is 3. The van der Waals surface area contributed by atoms with Gasteiger partial charge in [-0.25, -0.2) is 37.4 Å². The number of hydrogen-bond donors (Lipinski definition) is 0. The average molecular weight is 818 g/mol. The fourth-order valence-electron chi connectivity index (χ4n) is 8.33. The molecule has 0 amide bonds. The smallest absolute Gasteiger partial charge is 0.656 e. The second-order valence-corrected chi connectivity index (χ2v) is 16.1. The van der Waals surface area contributed by atoms with Crippen molar-refractivity contribution in [1.82, 2.24) is 38.5 Å². The Bertz CT molecular complexity index is 2820. The predicted molar refractivity (Wildman–Crippen MR) is 227 cm³/mol. The third kappa shape index (κ3) is 6.20. The first-order valence-corrected chi connectivity index (χ1v) is 21.1. The first-order valence-electron chi connectivity index (χ1n) is 19.4. The minimum atomic E-state index is -0.146. The fourth-order valence-corrected chi connectivity index (χ4v) is 9.88. The van der Waals surface area contributed by atoms with Crippen molar-refractivity contribution in [2.75, 3.05) is 12.8 Å². The summed E-state index contributed by atoms with van der Waals surface area (Å²) in [7, 11) is 6.14. The molecule has 289 valence electrons. The molecule has 0 saturated heterocycles. The van der Waals surface area contributed by atoms with Crippen LogP contribution in [0.15, 0.2) is 73.1 Å². The van der Waals surface area contributed by atoms with Gasteiger partial charge < -0.3 is 14.9 Å². The molecule has 0 saturated carbocycles. The Kier molecular flexibility index (Phi) is 10.2. The van der Waals surface area contributed by atoms with Gasteiger partial charge in [0.05, 0.1) is 85.2 Å². The second-order valence-electron chi connectivity index (χ2n) is 14.4. The summed E-state index contributed by atoms with van der Waals surface area (Å²) in [6.07, 6.45) is 25.8. The number of rotatable bonds is 8. The van der Waals surface area contributed by atoms with E-state index in [1.807, 2.05) is 0 Å². The number of aryl methyl sites for hydroxylation is 6. The summed E-state index contributed by atoms with van der Waals surface area (Å²) < 4.78 is 13.3. The van der Waals surface area contributed by atoms with Crippen LogP contribution in [0.5, 0.6) is 0 Å². The van der Waals surface area contributed by atoms with Gasteiger partial charge in [0.1, 0.15) is 37.2 Å². The molecule has 1 radical (unpaired) electrons. The quantitative estimate of drug-likeness (QED) is 0.106. The van der Waals surface area contributed by atoms with E-state index in [2.05, 4.69) is 185 Å². The fraction of sp³-hybridized carbons (Fsp3) is 0.273. The molecule has 9 heterocycles. The molecule has 0 spiro atoms. The van der Waals surface area contributed by atoms with Gasteiger partial charge in [-0.15, -0.1) is 32.6 Å². The van der Waals surface area contributed by atoms with Crippen molar-refractivity contribution in [2.45, 2.75) is 47.3 Å². The third-order valence-electron chi connectivity index (χ3n) is 11.1. The van der Waals surface area contributed by atoms with Gasteiger partial charge in [-0.3, -0.25) is 0 Å². The molecule has 0 aromatic carbocycles. The van der Waals surface area contributed by atoms with Crippen LogP contribution in [-0.2, 0) is 57.8 Å². The summed E-state index contributed by atoms with van der Waals surface area (Å²) in [5, 5.41) is 2.30. The Morgan fingerprint density at radius 2 is 0.895 bits per heavy atom. The summed E-state index contributed by atoms with van der Waals surface area (Å²) in [6, 6.07) is 8.61. The monoisotopic (exact) mass is 817 g/mol. The molecule has 3 aliphatic heterocycles. The molecule has 11 nitrogen and oxygen atoms in total. The van der Waals surface area contributed by atoms with E-state index in [0.717, 1.165) is 111 Å². The first-order chi connectivity index (χ1) is 27.2.